The number of carboxylic acid groups (broad SMARTS) is 4. The van der Waals surface area contributed by atoms with Crippen molar-refractivity contribution in [2.75, 3.05) is 0 Å². The first-order chi connectivity index (χ1) is 7.77. The van der Waals surface area contributed by atoms with Crippen molar-refractivity contribution in [2.24, 2.45) is 0 Å². The smallest absolute Gasteiger partial charge is 0.546 e. The molecule has 13 heteroatoms. The number of carbonyl (C=O) groups is 4. The first-order valence-corrected chi connectivity index (χ1v) is 4.90. The Kier molecular flexibility index (Phi) is 11.0. The van der Waals surface area contributed by atoms with Crippen LogP contribution >= 0.6 is 46.4 Å². The van der Waals surface area contributed by atoms with Gasteiger partial charge in [0.1, 0.15) is 0 Å². The van der Waals surface area contributed by atoms with E-state index in [9.17, 15) is 39.6 Å². The molecular formula is C6Cl4O8Pt. The summed E-state index contributed by atoms with van der Waals surface area (Å²) in [5.41, 5.74) is 0. The van der Waals surface area contributed by atoms with Gasteiger partial charge in [0.2, 0.25) is 0 Å². The summed E-state index contributed by atoms with van der Waals surface area (Å²) in [7, 11) is 0. The van der Waals surface area contributed by atoms with Crippen molar-refractivity contribution in [3.05, 3.63) is 0 Å². The summed E-state index contributed by atoms with van der Waals surface area (Å²) in [6.45, 7) is 0. The van der Waals surface area contributed by atoms with Crippen LogP contribution in [0.15, 0.2) is 0 Å². The van der Waals surface area contributed by atoms with Crippen molar-refractivity contribution >= 4 is 70.3 Å². The van der Waals surface area contributed by atoms with E-state index in [1.165, 1.54) is 0 Å². The third-order valence-corrected chi connectivity index (χ3v) is 2.26. The average Bonchev–Trinajstić information content (AvgIpc) is 2.17. The van der Waals surface area contributed by atoms with Crippen LogP contribution in [0.2, 0.25) is 0 Å². The predicted molar refractivity (Wildman–Crippen MR) is 48.9 cm³/mol. The van der Waals surface area contributed by atoms with E-state index in [1.807, 2.05) is 0 Å². The molecule has 110 valence electrons. The summed E-state index contributed by atoms with van der Waals surface area (Å²) >= 11 is 18.6. The second kappa shape index (κ2) is 8.81. The van der Waals surface area contributed by atoms with Gasteiger partial charge < -0.3 is 39.6 Å². The summed E-state index contributed by atoms with van der Waals surface area (Å²) in [4.78, 5) is 38.7. The molecule has 0 aromatic carbocycles. The fourth-order valence-electron chi connectivity index (χ4n) is 0.167. The third-order valence-electron chi connectivity index (χ3n) is 1.03. The van der Waals surface area contributed by atoms with Crippen molar-refractivity contribution < 1.29 is 60.7 Å². The van der Waals surface area contributed by atoms with E-state index in [-0.39, 0.29) is 21.1 Å². The molecule has 0 aliphatic heterocycles. The zero-order valence-electron chi connectivity index (χ0n) is 8.09. The molecule has 0 saturated carbocycles. The first kappa shape index (κ1) is 23.8. The zero-order valence-corrected chi connectivity index (χ0v) is 13.4. The van der Waals surface area contributed by atoms with Crippen LogP contribution < -0.4 is 20.4 Å². The molecule has 0 rings (SSSR count). The minimum atomic E-state index is -2.94. The Bertz CT molecular complexity index is 313. The molecule has 0 radical (unpaired) electrons. The second-order valence-electron chi connectivity index (χ2n) is 2.30. The maximum atomic E-state index is 9.67. The molecule has 0 aliphatic rings. The number of carbonyl (C=O) groups excluding carboxylic acids is 4. The van der Waals surface area contributed by atoms with Gasteiger partial charge in [-0.3, -0.25) is 0 Å². The monoisotopic (exact) mass is 535 g/mol. The molecule has 0 spiro atoms. The topological polar surface area (TPSA) is 161 Å². The molecule has 0 atom stereocenters. The van der Waals surface area contributed by atoms with Gasteiger partial charge in [-0.1, -0.05) is 46.4 Å². The minimum Gasteiger partial charge on any atom is -0.546 e. The minimum absolute atomic E-state index is 0. The number of halogens is 4. The molecule has 0 saturated heterocycles. The molecule has 0 aliphatic carbocycles. The Morgan fingerprint density at radius 2 is 0.684 bits per heavy atom. The average molecular weight is 537 g/mol. The molecule has 0 bridgehead atoms. The molecule has 0 aromatic rings. The van der Waals surface area contributed by atoms with Crippen LogP contribution in [-0.2, 0) is 40.2 Å². The molecule has 19 heavy (non-hydrogen) atoms. The summed E-state index contributed by atoms with van der Waals surface area (Å²) < 4.78 is -5.89. The van der Waals surface area contributed by atoms with Crippen molar-refractivity contribution in [1.82, 2.24) is 0 Å². The van der Waals surface area contributed by atoms with Gasteiger partial charge in [-0.2, -0.15) is 0 Å². The molecule has 0 heterocycles. The van der Waals surface area contributed by atoms with Crippen LogP contribution in [-0.4, -0.2) is 32.5 Å². The van der Waals surface area contributed by atoms with Crippen LogP contribution in [0.25, 0.3) is 0 Å². The van der Waals surface area contributed by atoms with E-state index in [0.29, 0.717) is 0 Å². The Labute approximate surface area is 139 Å². The molecule has 0 amide bonds. The number of carboxylic acids is 4. The third kappa shape index (κ3) is 7.79. The summed E-state index contributed by atoms with van der Waals surface area (Å²) in [6.07, 6.45) is 0. The molecular weight excluding hydrogens is 537 g/mol. The van der Waals surface area contributed by atoms with Crippen LogP contribution in [0, 0.1) is 0 Å². The fraction of sp³-hybridized carbons (Fsp3) is 0.333. The van der Waals surface area contributed by atoms with E-state index in [4.69, 9.17) is 0 Å². The Morgan fingerprint density at radius 3 is 0.684 bits per heavy atom. The van der Waals surface area contributed by atoms with E-state index in [0.717, 1.165) is 0 Å². The van der Waals surface area contributed by atoms with Crippen molar-refractivity contribution in [2.45, 2.75) is 8.67 Å². The summed E-state index contributed by atoms with van der Waals surface area (Å²) in [5, 5.41) is 38.7. The number of alkyl halides is 4. The molecule has 0 unspecified atom stereocenters. The predicted octanol–water partition coefficient (Wildman–Crippen LogP) is -4.68. The SMILES string of the molecule is O=C([O-])C(Cl)(Cl)C(=O)[O-].O=C([O-])C(Cl)(Cl)C(=O)[O-].[Pt+4]. The van der Waals surface area contributed by atoms with Gasteiger partial charge in [-0.15, -0.1) is 0 Å². The van der Waals surface area contributed by atoms with Crippen LogP contribution in [0.3, 0.4) is 0 Å². The first-order valence-electron chi connectivity index (χ1n) is 3.39. The number of hydrogen-bond donors (Lipinski definition) is 0. The maximum absolute atomic E-state index is 9.67. The fourth-order valence-corrected chi connectivity index (χ4v) is 0.167. The van der Waals surface area contributed by atoms with Gasteiger partial charge in [-0.25, -0.2) is 0 Å². The Balaban J connectivity index is -0.000000256. The van der Waals surface area contributed by atoms with Crippen LogP contribution in [0.4, 0.5) is 0 Å². The van der Waals surface area contributed by atoms with Gasteiger partial charge in [-0.05, 0) is 0 Å². The van der Waals surface area contributed by atoms with E-state index in [1.54, 1.807) is 0 Å². The summed E-state index contributed by atoms with van der Waals surface area (Å²) in [6, 6.07) is 0. The normalized spacial score (nSPS) is 10.3. The number of hydrogen-bond acceptors (Lipinski definition) is 8. The van der Waals surface area contributed by atoms with Gasteiger partial charge in [0.15, 0.2) is 8.67 Å². The number of aliphatic carboxylic acids is 4. The van der Waals surface area contributed by atoms with E-state index >= 15 is 0 Å². The molecule has 0 fully saturated rings. The van der Waals surface area contributed by atoms with Crippen molar-refractivity contribution in [1.29, 1.82) is 0 Å². The Morgan fingerprint density at radius 1 is 0.579 bits per heavy atom. The van der Waals surface area contributed by atoms with Gasteiger partial charge in [0, 0.05) is 0 Å². The van der Waals surface area contributed by atoms with Crippen LogP contribution in [0.1, 0.15) is 0 Å². The number of rotatable bonds is 4. The molecule has 0 N–H and O–H groups in total. The van der Waals surface area contributed by atoms with Gasteiger partial charge >= 0.3 is 21.1 Å². The Hall–Kier alpha value is -0.272. The standard InChI is InChI=1S/2C3H2Cl2O4.Pt/c2*4-3(5,1(6)7)2(8)9;/h2*(H,6,7)(H,8,9);/q;;+4/p-4. The van der Waals surface area contributed by atoms with E-state index in [2.05, 4.69) is 46.4 Å². The second-order valence-corrected chi connectivity index (χ2v) is 4.95. The van der Waals surface area contributed by atoms with Gasteiger partial charge in [0.05, 0.1) is 23.9 Å². The summed E-state index contributed by atoms with van der Waals surface area (Å²) in [5.74, 6) is -8.42. The van der Waals surface area contributed by atoms with Crippen LogP contribution in [0.5, 0.6) is 0 Å². The van der Waals surface area contributed by atoms with Crippen molar-refractivity contribution in [3.8, 4) is 0 Å². The quantitative estimate of drug-likeness (QED) is 0.256. The zero-order chi connectivity index (χ0) is 15.3. The largest absolute Gasteiger partial charge is 4.00 e. The molecule has 8 nitrogen and oxygen atoms in total. The van der Waals surface area contributed by atoms with Crippen molar-refractivity contribution in [3.63, 3.8) is 0 Å². The van der Waals surface area contributed by atoms with E-state index < -0.39 is 32.5 Å². The molecule has 0 aromatic heterocycles. The maximum Gasteiger partial charge on any atom is 4.00 e. The van der Waals surface area contributed by atoms with Gasteiger partial charge in [0.25, 0.3) is 0 Å².